The normalized spacial score (nSPS) is 28.1. The van der Waals surface area contributed by atoms with Crippen LogP contribution in [-0.2, 0) is 9.84 Å². The van der Waals surface area contributed by atoms with Crippen molar-refractivity contribution >= 4 is 9.84 Å². The lowest BCUT2D eigenvalue weighted by molar-refractivity contribution is 0.195. The highest BCUT2D eigenvalue weighted by Gasteiger charge is 2.43. The summed E-state index contributed by atoms with van der Waals surface area (Å²) in [7, 11) is -3.12. The van der Waals surface area contributed by atoms with Crippen molar-refractivity contribution in [2.45, 2.75) is 63.7 Å². The zero-order valence-corrected chi connectivity index (χ0v) is 12.9. The number of hydrogen-bond donors (Lipinski definition) is 2. The standard InChI is InChI=1S/C13H28N2O2S/c1-5-10-6-8-11(9-7-10)12(15-14)13(2,3)18(4,16)17/h10-12,15H,5-9,14H2,1-4H3. The molecule has 18 heavy (non-hydrogen) atoms. The van der Waals surface area contributed by atoms with E-state index in [4.69, 9.17) is 5.84 Å². The van der Waals surface area contributed by atoms with Crippen molar-refractivity contribution < 1.29 is 8.42 Å². The molecule has 1 unspecified atom stereocenters. The number of sulfone groups is 1. The van der Waals surface area contributed by atoms with Crippen molar-refractivity contribution in [3.63, 3.8) is 0 Å². The van der Waals surface area contributed by atoms with Crippen LogP contribution >= 0.6 is 0 Å². The van der Waals surface area contributed by atoms with Gasteiger partial charge in [-0.2, -0.15) is 0 Å². The van der Waals surface area contributed by atoms with E-state index in [2.05, 4.69) is 12.3 Å². The van der Waals surface area contributed by atoms with E-state index in [9.17, 15) is 8.42 Å². The van der Waals surface area contributed by atoms with E-state index in [0.29, 0.717) is 5.92 Å². The zero-order valence-electron chi connectivity index (χ0n) is 12.1. The lowest BCUT2D eigenvalue weighted by Crippen LogP contribution is -2.58. The van der Waals surface area contributed by atoms with Gasteiger partial charge in [0, 0.05) is 12.3 Å². The summed E-state index contributed by atoms with van der Waals surface area (Å²) in [4.78, 5) is 0. The minimum Gasteiger partial charge on any atom is -0.271 e. The number of hydrazine groups is 1. The Morgan fingerprint density at radius 3 is 2.11 bits per heavy atom. The van der Waals surface area contributed by atoms with Crippen molar-refractivity contribution in [3.05, 3.63) is 0 Å². The van der Waals surface area contributed by atoms with Gasteiger partial charge in [0.25, 0.3) is 0 Å². The molecule has 0 spiro atoms. The Kier molecular flexibility index (Phi) is 5.21. The SMILES string of the molecule is CCC1CCC(C(NN)C(C)(C)S(C)(=O)=O)CC1. The minimum atomic E-state index is -3.12. The first-order valence-corrected chi connectivity index (χ1v) is 8.78. The first kappa shape index (κ1) is 15.9. The van der Waals surface area contributed by atoms with Crippen LogP contribution in [0.3, 0.4) is 0 Å². The Balaban J connectivity index is 2.80. The highest BCUT2D eigenvalue weighted by atomic mass is 32.2. The summed E-state index contributed by atoms with van der Waals surface area (Å²) in [6, 6.07) is -0.162. The molecule has 0 bridgehead atoms. The van der Waals surface area contributed by atoms with Gasteiger partial charge >= 0.3 is 0 Å². The highest BCUT2D eigenvalue weighted by Crippen LogP contribution is 2.37. The molecule has 3 N–H and O–H groups in total. The Morgan fingerprint density at radius 1 is 1.28 bits per heavy atom. The molecule has 1 rings (SSSR count). The fourth-order valence-corrected chi connectivity index (χ4v) is 3.79. The Morgan fingerprint density at radius 2 is 1.78 bits per heavy atom. The van der Waals surface area contributed by atoms with Crippen molar-refractivity contribution in [1.29, 1.82) is 0 Å². The summed E-state index contributed by atoms with van der Waals surface area (Å²) < 4.78 is 23.0. The fraction of sp³-hybridized carbons (Fsp3) is 1.00. The summed E-state index contributed by atoms with van der Waals surface area (Å²) in [5.74, 6) is 6.81. The summed E-state index contributed by atoms with van der Waals surface area (Å²) in [5.41, 5.74) is 2.77. The van der Waals surface area contributed by atoms with Crippen LogP contribution in [0, 0.1) is 11.8 Å². The van der Waals surface area contributed by atoms with Crippen LogP contribution in [0.5, 0.6) is 0 Å². The van der Waals surface area contributed by atoms with Gasteiger partial charge in [0.05, 0.1) is 4.75 Å². The molecule has 0 aromatic heterocycles. The summed E-state index contributed by atoms with van der Waals surface area (Å²) in [6.45, 7) is 5.78. The third kappa shape index (κ3) is 3.25. The maximum atomic E-state index is 11.9. The highest BCUT2D eigenvalue weighted by molar-refractivity contribution is 7.92. The van der Waals surface area contributed by atoms with Gasteiger partial charge in [0.2, 0.25) is 0 Å². The molecule has 1 saturated carbocycles. The first-order valence-electron chi connectivity index (χ1n) is 6.89. The molecular weight excluding hydrogens is 248 g/mol. The van der Waals surface area contributed by atoms with E-state index in [1.807, 2.05) is 0 Å². The lowest BCUT2D eigenvalue weighted by Gasteiger charge is -2.40. The van der Waals surface area contributed by atoms with Gasteiger partial charge in [0.15, 0.2) is 9.84 Å². The largest absolute Gasteiger partial charge is 0.271 e. The van der Waals surface area contributed by atoms with Crippen LogP contribution in [0.2, 0.25) is 0 Å². The number of hydrogen-bond acceptors (Lipinski definition) is 4. The molecule has 0 saturated heterocycles. The van der Waals surface area contributed by atoms with Crippen LogP contribution in [0.4, 0.5) is 0 Å². The van der Waals surface area contributed by atoms with Crippen LogP contribution in [0.25, 0.3) is 0 Å². The average Bonchev–Trinajstić information content (AvgIpc) is 2.29. The molecular formula is C13H28N2O2S. The maximum absolute atomic E-state index is 11.9. The molecule has 108 valence electrons. The third-order valence-corrected chi connectivity index (χ3v) is 6.99. The van der Waals surface area contributed by atoms with Crippen molar-refractivity contribution in [2.75, 3.05) is 6.26 Å². The molecule has 4 nitrogen and oxygen atoms in total. The molecule has 1 aliphatic carbocycles. The van der Waals surface area contributed by atoms with Crippen molar-refractivity contribution in [2.24, 2.45) is 17.7 Å². The molecule has 0 aliphatic heterocycles. The van der Waals surface area contributed by atoms with E-state index in [0.717, 1.165) is 18.8 Å². The molecule has 0 amide bonds. The molecule has 1 fully saturated rings. The van der Waals surface area contributed by atoms with Crippen LogP contribution in [0.1, 0.15) is 52.9 Å². The van der Waals surface area contributed by atoms with E-state index in [1.54, 1.807) is 13.8 Å². The van der Waals surface area contributed by atoms with Gasteiger partial charge in [-0.15, -0.1) is 0 Å². The zero-order chi connectivity index (χ0) is 14.0. The van der Waals surface area contributed by atoms with Crippen LogP contribution < -0.4 is 11.3 Å². The molecule has 5 heteroatoms. The first-order chi connectivity index (χ1) is 8.24. The van der Waals surface area contributed by atoms with E-state index in [-0.39, 0.29) is 6.04 Å². The summed E-state index contributed by atoms with van der Waals surface area (Å²) >= 11 is 0. The second-order valence-corrected chi connectivity index (χ2v) is 8.81. The monoisotopic (exact) mass is 276 g/mol. The molecule has 0 aromatic rings. The van der Waals surface area contributed by atoms with E-state index in [1.165, 1.54) is 25.5 Å². The van der Waals surface area contributed by atoms with Gasteiger partial charge in [-0.05, 0) is 38.5 Å². The van der Waals surface area contributed by atoms with Gasteiger partial charge in [-0.25, -0.2) is 8.42 Å². The van der Waals surface area contributed by atoms with E-state index < -0.39 is 14.6 Å². The Hall–Kier alpha value is -0.130. The quantitative estimate of drug-likeness (QED) is 0.594. The van der Waals surface area contributed by atoms with Crippen LogP contribution in [0.15, 0.2) is 0 Å². The smallest absolute Gasteiger partial charge is 0.154 e. The fourth-order valence-electron chi connectivity index (χ4n) is 3.06. The average molecular weight is 276 g/mol. The number of nitrogens with two attached hydrogens (primary N) is 1. The molecule has 0 radical (unpaired) electrons. The lowest BCUT2D eigenvalue weighted by atomic mass is 9.75. The minimum absolute atomic E-state index is 0.162. The predicted octanol–water partition coefficient (Wildman–Crippen LogP) is 1.86. The van der Waals surface area contributed by atoms with Gasteiger partial charge in [-0.3, -0.25) is 11.3 Å². The van der Waals surface area contributed by atoms with Gasteiger partial charge in [-0.1, -0.05) is 26.2 Å². The molecule has 1 atom stereocenters. The Bertz CT molecular complexity index is 357. The van der Waals surface area contributed by atoms with Crippen LogP contribution in [-0.4, -0.2) is 25.5 Å². The number of nitrogens with one attached hydrogen (secondary N) is 1. The summed E-state index contributed by atoms with van der Waals surface area (Å²) in [5, 5.41) is 0. The third-order valence-electron chi connectivity index (χ3n) is 4.82. The van der Waals surface area contributed by atoms with Gasteiger partial charge < -0.3 is 0 Å². The topological polar surface area (TPSA) is 72.2 Å². The number of rotatable bonds is 5. The second-order valence-electron chi connectivity index (χ2n) is 6.21. The molecule has 1 aliphatic rings. The van der Waals surface area contributed by atoms with Crippen molar-refractivity contribution in [3.8, 4) is 0 Å². The molecule has 0 aromatic carbocycles. The second kappa shape index (κ2) is 5.88. The van der Waals surface area contributed by atoms with E-state index >= 15 is 0 Å². The molecule has 0 heterocycles. The predicted molar refractivity (Wildman–Crippen MR) is 75.8 cm³/mol. The maximum Gasteiger partial charge on any atom is 0.154 e. The summed E-state index contributed by atoms with van der Waals surface area (Å²) in [6.07, 6.45) is 7.06. The Labute approximate surface area is 112 Å². The van der Waals surface area contributed by atoms with Gasteiger partial charge in [0.1, 0.15) is 0 Å². The van der Waals surface area contributed by atoms with Crippen molar-refractivity contribution in [1.82, 2.24) is 5.43 Å².